The summed E-state index contributed by atoms with van der Waals surface area (Å²) in [6.07, 6.45) is 7.74. The molecule has 3 aromatic rings. The Bertz CT molecular complexity index is 782. The standard InChI is InChI=1S/C21H22N2/c1-2-7-19-14-17(10-11-18(19)6-1)16-23-13-4-3-9-21(23)20-8-5-12-22-15-20/h1-2,5-8,10-12,14-15,21H,3-4,9,13,16H2. The lowest BCUT2D eigenvalue weighted by Gasteiger charge is -2.36. The fourth-order valence-electron chi connectivity index (χ4n) is 3.70. The predicted molar refractivity (Wildman–Crippen MR) is 95.2 cm³/mol. The number of benzene rings is 2. The van der Waals surface area contributed by atoms with E-state index in [1.165, 1.54) is 47.7 Å². The number of hydrogen-bond acceptors (Lipinski definition) is 2. The number of nitrogens with zero attached hydrogens (tertiary/aromatic N) is 2. The minimum absolute atomic E-state index is 0.504. The highest BCUT2D eigenvalue weighted by molar-refractivity contribution is 5.82. The summed E-state index contributed by atoms with van der Waals surface area (Å²) in [7, 11) is 0. The Kier molecular flexibility index (Phi) is 4.08. The molecule has 2 heterocycles. The Hall–Kier alpha value is -2.19. The Morgan fingerprint density at radius 2 is 1.87 bits per heavy atom. The molecule has 1 saturated heterocycles. The van der Waals surface area contributed by atoms with Gasteiger partial charge in [0, 0.05) is 25.0 Å². The number of piperidine rings is 1. The maximum absolute atomic E-state index is 4.32. The lowest BCUT2D eigenvalue weighted by Crippen LogP contribution is -2.32. The van der Waals surface area contributed by atoms with Crippen molar-refractivity contribution < 1.29 is 0 Å². The summed E-state index contributed by atoms with van der Waals surface area (Å²) in [4.78, 5) is 6.93. The van der Waals surface area contributed by atoms with Crippen molar-refractivity contribution in [3.63, 3.8) is 0 Å². The van der Waals surface area contributed by atoms with Gasteiger partial charge in [0.05, 0.1) is 0 Å². The van der Waals surface area contributed by atoms with Crippen molar-refractivity contribution in [3.05, 3.63) is 78.1 Å². The molecular weight excluding hydrogens is 280 g/mol. The van der Waals surface area contributed by atoms with Crippen LogP contribution in [-0.4, -0.2) is 16.4 Å². The van der Waals surface area contributed by atoms with E-state index in [-0.39, 0.29) is 0 Å². The molecule has 23 heavy (non-hydrogen) atoms. The number of rotatable bonds is 3. The monoisotopic (exact) mass is 302 g/mol. The molecule has 0 bridgehead atoms. The van der Waals surface area contributed by atoms with Crippen molar-refractivity contribution >= 4 is 10.8 Å². The van der Waals surface area contributed by atoms with E-state index in [1.807, 2.05) is 12.4 Å². The average Bonchev–Trinajstić information content (AvgIpc) is 2.63. The summed E-state index contributed by atoms with van der Waals surface area (Å²) in [5.74, 6) is 0. The highest BCUT2D eigenvalue weighted by Gasteiger charge is 2.24. The van der Waals surface area contributed by atoms with Gasteiger partial charge in [0.2, 0.25) is 0 Å². The minimum atomic E-state index is 0.504. The lowest BCUT2D eigenvalue weighted by atomic mass is 9.95. The molecule has 1 aliphatic heterocycles. The smallest absolute Gasteiger partial charge is 0.0366 e. The second-order valence-electron chi connectivity index (χ2n) is 6.45. The topological polar surface area (TPSA) is 16.1 Å². The fraction of sp³-hybridized carbons (Fsp3) is 0.286. The van der Waals surface area contributed by atoms with Crippen LogP contribution in [0.2, 0.25) is 0 Å². The molecule has 0 spiro atoms. The van der Waals surface area contributed by atoms with Crippen molar-refractivity contribution in [2.24, 2.45) is 0 Å². The molecule has 1 fully saturated rings. The third kappa shape index (κ3) is 3.13. The molecule has 4 rings (SSSR count). The van der Waals surface area contributed by atoms with Gasteiger partial charge in [0.1, 0.15) is 0 Å². The van der Waals surface area contributed by atoms with Gasteiger partial charge in [-0.1, -0.05) is 48.9 Å². The normalized spacial score (nSPS) is 19.0. The van der Waals surface area contributed by atoms with Crippen LogP contribution in [0.4, 0.5) is 0 Å². The van der Waals surface area contributed by atoms with Crippen LogP contribution in [0.1, 0.15) is 36.4 Å². The molecule has 0 N–H and O–H groups in total. The van der Waals surface area contributed by atoms with Crippen LogP contribution < -0.4 is 0 Å². The van der Waals surface area contributed by atoms with E-state index in [1.54, 1.807) is 0 Å². The molecular formula is C21H22N2. The molecule has 0 saturated carbocycles. The Balaban J connectivity index is 1.59. The first-order chi connectivity index (χ1) is 11.4. The SMILES string of the molecule is c1cncc(C2CCCCN2Cc2ccc3ccccc3c2)c1. The van der Waals surface area contributed by atoms with Gasteiger partial charge in [-0.2, -0.15) is 0 Å². The second kappa shape index (κ2) is 6.51. The zero-order chi connectivity index (χ0) is 15.5. The molecule has 0 aliphatic carbocycles. The van der Waals surface area contributed by atoms with Gasteiger partial charge in [-0.3, -0.25) is 9.88 Å². The van der Waals surface area contributed by atoms with Gasteiger partial charge in [-0.15, -0.1) is 0 Å². The van der Waals surface area contributed by atoms with Crippen LogP contribution in [0, 0.1) is 0 Å². The maximum atomic E-state index is 4.32. The Morgan fingerprint density at radius 1 is 0.957 bits per heavy atom. The summed E-state index contributed by atoms with van der Waals surface area (Å²) in [5.41, 5.74) is 2.76. The van der Waals surface area contributed by atoms with E-state index >= 15 is 0 Å². The first-order valence-corrected chi connectivity index (χ1v) is 8.52. The van der Waals surface area contributed by atoms with Crippen LogP contribution in [0.25, 0.3) is 10.8 Å². The molecule has 1 aromatic heterocycles. The van der Waals surface area contributed by atoms with Crippen molar-refractivity contribution in [3.8, 4) is 0 Å². The van der Waals surface area contributed by atoms with Gasteiger partial charge < -0.3 is 0 Å². The Morgan fingerprint density at radius 3 is 2.74 bits per heavy atom. The largest absolute Gasteiger partial charge is 0.292 e. The summed E-state index contributed by atoms with van der Waals surface area (Å²) in [6.45, 7) is 2.19. The molecule has 2 nitrogen and oxygen atoms in total. The molecule has 116 valence electrons. The third-order valence-electron chi connectivity index (χ3n) is 4.88. The van der Waals surface area contributed by atoms with Gasteiger partial charge in [0.15, 0.2) is 0 Å². The van der Waals surface area contributed by atoms with Crippen LogP contribution in [0.3, 0.4) is 0 Å². The van der Waals surface area contributed by atoms with E-state index in [0.717, 1.165) is 6.54 Å². The first kappa shape index (κ1) is 14.4. The van der Waals surface area contributed by atoms with E-state index in [2.05, 4.69) is 64.5 Å². The Labute approximate surface area is 137 Å². The van der Waals surface area contributed by atoms with Crippen molar-refractivity contribution in [1.82, 2.24) is 9.88 Å². The number of likely N-dealkylation sites (tertiary alicyclic amines) is 1. The van der Waals surface area contributed by atoms with E-state index < -0.39 is 0 Å². The summed E-state index contributed by atoms with van der Waals surface area (Å²) in [5, 5.41) is 2.65. The second-order valence-corrected chi connectivity index (χ2v) is 6.45. The van der Waals surface area contributed by atoms with E-state index in [9.17, 15) is 0 Å². The molecule has 2 heteroatoms. The molecule has 0 amide bonds. The molecule has 2 aromatic carbocycles. The maximum Gasteiger partial charge on any atom is 0.0366 e. The number of fused-ring (bicyclic) bond motifs is 1. The molecule has 0 radical (unpaired) electrons. The average molecular weight is 302 g/mol. The molecule has 1 aliphatic rings. The summed E-state index contributed by atoms with van der Waals surface area (Å²) >= 11 is 0. The summed E-state index contributed by atoms with van der Waals surface area (Å²) < 4.78 is 0. The van der Waals surface area contributed by atoms with Crippen molar-refractivity contribution in [2.75, 3.05) is 6.54 Å². The van der Waals surface area contributed by atoms with Gasteiger partial charge >= 0.3 is 0 Å². The molecule has 1 unspecified atom stereocenters. The first-order valence-electron chi connectivity index (χ1n) is 8.52. The van der Waals surface area contributed by atoms with Gasteiger partial charge in [-0.25, -0.2) is 0 Å². The van der Waals surface area contributed by atoms with Crippen molar-refractivity contribution in [1.29, 1.82) is 0 Å². The van der Waals surface area contributed by atoms with Gasteiger partial charge in [0.25, 0.3) is 0 Å². The minimum Gasteiger partial charge on any atom is -0.292 e. The van der Waals surface area contributed by atoms with Crippen molar-refractivity contribution in [2.45, 2.75) is 31.8 Å². The third-order valence-corrected chi connectivity index (χ3v) is 4.88. The lowest BCUT2D eigenvalue weighted by molar-refractivity contribution is 0.140. The quantitative estimate of drug-likeness (QED) is 0.679. The van der Waals surface area contributed by atoms with Crippen LogP contribution in [0.15, 0.2) is 67.0 Å². The number of hydrogen-bond donors (Lipinski definition) is 0. The number of pyridine rings is 1. The highest BCUT2D eigenvalue weighted by atomic mass is 15.2. The zero-order valence-corrected chi connectivity index (χ0v) is 13.4. The van der Waals surface area contributed by atoms with Crippen LogP contribution >= 0.6 is 0 Å². The number of aromatic nitrogens is 1. The predicted octanol–water partition coefficient (Wildman–Crippen LogP) is 4.96. The van der Waals surface area contributed by atoms with E-state index in [4.69, 9.17) is 0 Å². The summed E-state index contributed by atoms with van der Waals surface area (Å²) in [6, 6.07) is 20.2. The van der Waals surface area contributed by atoms with Gasteiger partial charge in [-0.05, 0) is 53.4 Å². The fourth-order valence-corrected chi connectivity index (χ4v) is 3.70. The molecule has 1 atom stereocenters. The zero-order valence-electron chi connectivity index (χ0n) is 13.4. The highest BCUT2D eigenvalue weighted by Crippen LogP contribution is 2.32. The van der Waals surface area contributed by atoms with Crippen LogP contribution in [-0.2, 0) is 6.54 Å². The van der Waals surface area contributed by atoms with E-state index in [0.29, 0.717) is 6.04 Å². The van der Waals surface area contributed by atoms with Crippen LogP contribution in [0.5, 0.6) is 0 Å².